The van der Waals surface area contributed by atoms with Gasteiger partial charge in [-0.15, -0.1) is 0 Å². The highest BCUT2D eigenvalue weighted by Crippen LogP contribution is 2.21. The van der Waals surface area contributed by atoms with Crippen molar-refractivity contribution in [2.24, 2.45) is 5.73 Å². The highest BCUT2D eigenvalue weighted by molar-refractivity contribution is 5.62. The molecule has 0 saturated carbocycles. The molecule has 0 amide bonds. The zero-order valence-electron chi connectivity index (χ0n) is 9.86. The lowest BCUT2D eigenvalue weighted by atomic mass is 10.1. The van der Waals surface area contributed by atoms with Gasteiger partial charge in [-0.3, -0.25) is 4.68 Å². The first-order valence-electron chi connectivity index (χ1n) is 5.70. The highest BCUT2D eigenvalue weighted by atomic mass is 19.1. The van der Waals surface area contributed by atoms with E-state index in [0.29, 0.717) is 12.1 Å². The van der Waals surface area contributed by atoms with Gasteiger partial charge in [0.1, 0.15) is 5.82 Å². The molecule has 17 heavy (non-hydrogen) atoms. The summed E-state index contributed by atoms with van der Waals surface area (Å²) in [5.41, 5.74) is 7.88. The van der Waals surface area contributed by atoms with E-state index in [1.807, 2.05) is 16.9 Å². The van der Waals surface area contributed by atoms with E-state index in [4.69, 9.17) is 5.73 Å². The number of nitrogens with two attached hydrogens (primary N) is 1. The molecule has 1 aromatic carbocycles. The number of rotatable bonds is 4. The fraction of sp³-hybridized carbons (Fsp3) is 0.308. The first kappa shape index (κ1) is 11.8. The molecule has 0 fully saturated rings. The fourth-order valence-electron chi connectivity index (χ4n) is 1.66. The van der Waals surface area contributed by atoms with Gasteiger partial charge in [0, 0.05) is 18.3 Å². The number of benzene rings is 1. The molecule has 4 heteroatoms. The van der Waals surface area contributed by atoms with E-state index in [9.17, 15) is 4.39 Å². The minimum absolute atomic E-state index is 0.183. The predicted octanol–water partition coefficient (Wildman–Crippen LogP) is 2.35. The van der Waals surface area contributed by atoms with Crippen molar-refractivity contribution in [1.29, 1.82) is 0 Å². The van der Waals surface area contributed by atoms with Crippen LogP contribution in [-0.2, 0) is 6.54 Å². The highest BCUT2D eigenvalue weighted by Gasteiger charge is 2.04. The Kier molecular flexibility index (Phi) is 3.54. The molecule has 2 aromatic rings. The van der Waals surface area contributed by atoms with Crippen molar-refractivity contribution in [3.63, 3.8) is 0 Å². The molecule has 0 aliphatic carbocycles. The second kappa shape index (κ2) is 5.10. The molecule has 2 rings (SSSR count). The smallest absolute Gasteiger partial charge is 0.126 e. The van der Waals surface area contributed by atoms with Crippen LogP contribution in [-0.4, -0.2) is 16.3 Å². The third-order valence-electron chi connectivity index (χ3n) is 2.73. The van der Waals surface area contributed by atoms with Crippen LogP contribution in [0, 0.1) is 12.7 Å². The summed E-state index contributed by atoms with van der Waals surface area (Å²) in [6.45, 7) is 3.20. The summed E-state index contributed by atoms with van der Waals surface area (Å²) < 4.78 is 15.3. The van der Waals surface area contributed by atoms with Crippen LogP contribution in [0.3, 0.4) is 0 Å². The monoisotopic (exact) mass is 233 g/mol. The molecule has 1 heterocycles. The predicted molar refractivity (Wildman–Crippen MR) is 66.0 cm³/mol. The summed E-state index contributed by atoms with van der Waals surface area (Å²) in [7, 11) is 0. The largest absolute Gasteiger partial charge is 0.330 e. The van der Waals surface area contributed by atoms with Crippen molar-refractivity contribution in [3.05, 3.63) is 42.0 Å². The summed E-state index contributed by atoms with van der Waals surface area (Å²) in [4.78, 5) is 0. The Hall–Kier alpha value is -1.68. The van der Waals surface area contributed by atoms with Gasteiger partial charge < -0.3 is 5.73 Å². The van der Waals surface area contributed by atoms with Crippen molar-refractivity contribution in [1.82, 2.24) is 9.78 Å². The van der Waals surface area contributed by atoms with Gasteiger partial charge in [-0.1, -0.05) is 12.1 Å². The van der Waals surface area contributed by atoms with Crippen LogP contribution in [0.25, 0.3) is 11.1 Å². The Morgan fingerprint density at radius 2 is 2.18 bits per heavy atom. The van der Waals surface area contributed by atoms with Crippen molar-refractivity contribution < 1.29 is 4.39 Å². The SMILES string of the molecule is Cc1ccc(-c2cnn(CCCN)c2)cc1F. The number of nitrogens with zero attached hydrogens (tertiary/aromatic N) is 2. The summed E-state index contributed by atoms with van der Waals surface area (Å²) in [6.07, 6.45) is 4.56. The standard InChI is InChI=1S/C13H16FN3/c1-10-3-4-11(7-13(10)14)12-8-16-17(9-12)6-2-5-15/h3-4,7-9H,2,5-6,15H2,1H3. The molecular formula is C13H16FN3. The minimum atomic E-state index is -0.183. The topological polar surface area (TPSA) is 43.8 Å². The first-order chi connectivity index (χ1) is 8.20. The zero-order chi connectivity index (χ0) is 12.3. The molecule has 0 atom stereocenters. The number of halogens is 1. The molecule has 90 valence electrons. The average Bonchev–Trinajstić information content (AvgIpc) is 2.79. The number of aryl methyl sites for hydroxylation is 2. The maximum atomic E-state index is 13.4. The van der Waals surface area contributed by atoms with Crippen molar-refractivity contribution >= 4 is 0 Å². The van der Waals surface area contributed by atoms with Crippen LogP contribution in [0.2, 0.25) is 0 Å². The molecule has 0 spiro atoms. The molecule has 0 aliphatic heterocycles. The van der Waals surface area contributed by atoms with Gasteiger partial charge in [0.25, 0.3) is 0 Å². The minimum Gasteiger partial charge on any atom is -0.330 e. The van der Waals surface area contributed by atoms with E-state index in [1.165, 1.54) is 0 Å². The third-order valence-corrected chi connectivity index (χ3v) is 2.73. The molecule has 0 aliphatic rings. The fourth-order valence-corrected chi connectivity index (χ4v) is 1.66. The normalized spacial score (nSPS) is 10.8. The summed E-state index contributed by atoms with van der Waals surface area (Å²) >= 11 is 0. The molecule has 0 radical (unpaired) electrons. The second-order valence-electron chi connectivity index (χ2n) is 4.10. The summed E-state index contributed by atoms with van der Waals surface area (Å²) in [5, 5.41) is 4.22. The third kappa shape index (κ3) is 2.71. The van der Waals surface area contributed by atoms with E-state index >= 15 is 0 Å². The van der Waals surface area contributed by atoms with Crippen LogP contribution in [0.15, 0.2) is 30.6 Å². The molecule has 0 unspecified atom stereocenters. The number of hydrogen-bond donors (Lipinski definition) is 1. The molecule has 0 bridgehead atoms. The van der Waals surface area contributed by atoms with E-state index in [0.717, 1.165) is 24.1 Å². The Morgan fingerprint density at radius 3 is 2.88 bits per heavy atom. The van der Waals surface area contributed by atoms with E-state index in [2.05, 4.69) is 5.10 Å². The van der Waals surface area contributed by atoms with Crippen LogP contribution >= 0.6 is 0 Å². The molecule has 2 N–H and O–H groups in total. The lowest BCUT2D eigenvalue weighted by Crippen LogP contribution is -2.05. The Bertz CT molecular complexity index is 505. The van der Waals surface area contributed by atoms with E-state index in [-0.39, 0.29) is 5.82 Å². The maximum Gasteiger partial charge on any atom is 0.126 e. The Labute approximate surface area is 100 Å². The van der Waals surface area contributed by atoms with Crippen molar-refractivity contribution in [3.8, 4) is 11.1 Å². The lowest BCUT2D eigenvalue weighted by Gasteiger charge is -2.00. The van der Waals surface area contributed by atoms with Gasteiger partial charge in [0.05, 0.1) is 6.20 Å². The first-order valence-corrected chi connectivity index (χ1v) is 5.70. The number of hydrogen-bond acceptors (Lipinski definition) is 2. The van der Waals surface area contributed by atoms with Crippen LogP contribution < -0.4 is 5.73 Å². The Balaban J connectivity index is 2.21. The second-order valence-corrected chi connectivity index (χ2v) is 4.10. The summed E-state index contributed by atoms with van der Waals surface area (Å²) in [5.74, 6) is -0.183. The van der Waals surface area contributed by atoms with Crippen LogP contribution in [0.4, 0.5) is 4.39 Å². The van der Waals surface area contributed by atoms with Crippen LogP contribution in [0.1, 0.15) is 12.0 Å². The quantitative estimate of drug-likeness (QED) is 0.881. The van der Waals surface area contributed by atoms with Crippen molar-refractivity contribution in [2.45, 2.75) is 19.9 Å². The summed E-state index contributed by atoms with van der Waals surface area (Å²) in [6, 6.07) is 5.23. The van der Waals surface area contributed by atoms with Gasteiger partial charge in [-0.2, -0.15) is 5.10 Å². The van der Waals surface area contributed by atoms with Gasteiger partial charge in [-0.05, 0) is 37.1 Å². The van der Waals surface area contributed by atoms with Gasteiger partial charge >= 0.3 is 0 Å². The van der Waals surface area contributed by atoms with Crippen LogP contribution in [0.5, 0.6) is 0 Å². The average molecular weight is 233 g/mol. The molecule has 3 nitrogen and oxygen atoms in total. The number of aromatic nitrogens is 2. The van der Waals surface area contributed by atoms with Gasteiger partial charge in [-0.25, -0.2) is 4.39 Å². The molecule has 1 aromatic heterocycles. The molecule has 0 saturated heterocycles. The molecular weight excluding hydrogens is 217 g/mol. The maximum absolute atomic E-state index is 13.4. The lowest BCUT2D eigenvalue weighted by molar-refractivity contribution is 0.585. The Morgan fingerprint density at radius 1 is 1.35 bits per heavy atom. The van der Waals surface area contributed by atoms with Gasteiger partial charge in [0.15, 0.2) is 0 Å². The van der Waals surface area contributed by atoms with E-state index < -0.39 is 0 Å². The zero-order valence-corrected chi connectivity index (χ0v) is 9.86. The van der Waals surface area contributed by atoms with Gasteiger partial charge in [0.2, 0.25) is 0 Å². The van der Waals surface area contributed by atoms with Crippen molar-refractivity contribution in [2.75, 3.05) is 6.54 Å². The van der Waals surface area contributed by atoms with E-state index in [1.54, 1.807) is 25.3 Å².